The molecule has 0 saturated carbocycles. The summed E-state index contributed by atoms with van der Waals surface area (Å²) < 4.78 is 32.3. The predicted molar refractivity (Wildman–Crippen MR) is 81.2 cm³/mol. The molecule has 1 aromatic rings. The number of morpholine rings is 1. The molecule has 1 fully saturated rings. The zero-order chi connectivity index (χ0) is 14.9. The first-order valence-corrected chi connectivity index (χ1v) is 8.19. The van der Waals surface area contributed by atoms with Crippen molar-refractivity contribution in [3.63, 3.8) is 0 Å². The summed E-state index contributed by atoms with van der Waals surface area (Å²) in [5, 5.41) is 0. The number of rotatable bonds is 3. The number of thiocarbonyl (C=S) groups is 1. The molecule has 0 bridgehead atoms. The Morgan fingerprint density at radius 1 is 1.50 bits per heavy atom. The number of hydrogen-bond acceptors (Lipinski definition) is 4. The summed E-state index contributed by atoms with van der Waals surface area (Å²) in [7, 11) is -3.56. The monoisotopic (exact) mass is 314 g/mol. The predicted octanol–water partition coefficient (Wildman–Crippen LogP) is 1.04. The molecule has 1 unspecified atom stereocenters. The molecule has 7 heteroatoms. The van der Waals surface area contributed by atoms with Crippen molar-refractivity contribution in [3.05, 3.63) is 29.3 Å². The molecule has 0 amide bonds. The van der Waals surface area contributed by atoms with Crippen LogP contribution in [0.1, 0.15) is 18.1 Å². The van der Waals surface area contributed by atoms with E-state index in [1.54, 1.807) is 25.1 Å². The molecule has 5 nitrogen and oxygen atoms in total. The lowest BCUT2D eigenvalue weighted by Crippen LogP contribution is -2.47. The van der Waals surface area contributed by atoms with Gasteiger partial charge in [0.25, 0.3) is 0 Å². The van der Waals surface area contributed by atoms with Gasteiger partial charge in [-0.1, -0.05) is 24.4 Å². The van der Waals surface area contributed by atoms with E-state index >= 15 is 0 Å². The van der Waals surface area contributed by atoms with Crippen LogP contribution in [0.15, 0.2) is 23.1 Å². The summed E-state index contributed by atoms with van der Waals surface area (Å²) in [4.78, 5) is 0.452. The average Bonchev–Trinajstić information content (AvgIpc) is 2.39. The number of nitrogens with zero attached hydrogens (tertiary/aromatic N) is 1. The number of aryl methyl sites for hydroxylation is 1. The van der Waals surface area contributed by atoms with E-state index in [1.807, 2.05) is 6.92 Å². The molecule has 1 aromatic carbocycles. The number of benzene rings is 1. The van der Waals surface area contributed by atoms with Crippen LogP contribution in [0.2, 0.25) is 0 Å². The topological polar surface area (TPSA) is 72.6 Å². The quantitative estimate of drug-likeness (QED) is 0.844. The third-order valence-electron chi connectivity index (χ3n) is 3.37. The summed E-state index contributed by atoms with van der Waals surface area (Å²) in [5.41, 5.74) is 6.83. The maximum atomic E-state index is 12.8. The van der Waals surface area contributed by atoms with Gasteiger partial charge in [-0.15, -0.1) is 0 Å². The van der Waals surface area contributed by atoms with Crippen LogP contribution in [-0.4, -0.2) is 43.5 Å². The SMILES string of the molecule is Cc1ccc(C(N)=S)cc1S(=O)(=O)N1CCOCC1C. The lowest BCUT2D eigenvalue weighted by atomic mass is 10.1. The Bertz CT molecular complexity index is 629. The zero-order valence-corrected chi connectivity index (χ0v) is 13.1. The van der Waals surface area contributed by atoms with Gasteiger partial charge in [0.2, 0.25) is 10.0 Å². The van der Waals surface area contributed by atoms with Crippen LogP contribution in [0, 0.1) is 6.92 Å². The minimum absolute atomic E-state index is 0.179. The van der Waals surface area contributed by atoms with Crippen molar-refractivity contribution in [1.82, 2.24) is 4.31 Å². The standard InChI is InChI=1S/C13H18N2O3S2/c1-9-3-4-11(13(14)19)7-12(9)20(16,17)15-5-6-18-8-10(15)2/h3-4,7,10H,5-6,8H2,1-2H3,(H2,14,19). The number of nitrogens with two attached hydrogens (primary N) is 1. The second kappa shape index (κ2) is 5.77. The Morgan fingerprint density at radius 3 is 2.80 bits per heavy atom. The summed E-state index contributed by atoms with van der Waals surface area (Å²) in [6, 6.07) is 4.84. The highest BCUT2D eigenvalue weighted by Crippen LogP contribution is 2.24. The van der Waals surface area contributed by atoms with Crippen molar-refractivity contribution in [2.75, 3.05) is 19.8 Å². The molecule has 1 heterocycles. The van der Waals surface area contributed by atoms with Crippen LogP contribution >= 0.6 is 12.2 Å². The van der Waals surface area contributed by atoms with Gasteiger partial charge in [-0.05, 0) is 25.5 Å². The van der Waals surface area contributed by atoms with Crippen LogP contribution in [0.4, 0.5) is 0 Å². The highest BCUT2D eigenvalue weighted by molar-refractivity contribution is 7.89. The lowest BCUT2D eigenvalue weighted by molar-refractivity contribution is 0.0392. The second-order valence-corrected chi connectivity index (χ2v) is 7.18. The van der Waals surface area contributed by atoms with E-state index in [4.69, 9.17) is 22.7 Å². The highest BCUT2D eigenvalue weighted by atomic mass is 32.2. The van der Waals surface area contributed by atoms with Gasteiger partial charge in [0.05, 0.1) is 18.1 Å². The Balaban J connectivity index is 2.48. The Morgan fingerprint density at radius 2 is 2.20 bits per heavy atom. The number of sulfonamides is 1. The Labute approximate surface area is 124 Å². The normalized spacial score (nSPS) is 20.8. The van der Waals surface area contributed by atoms with Gasteiger partial charge in [-0.2, -0.15) is 4.31 Å². The van der Waals surface area contributed by atoms with Gasteiger partial charge in [-0.25, -0.2) is 8.42 Å². The molecular weight excluding hydrogens is 296 g/mol. The van der Waals surface area contributed by atoms with Gasteiger partial charge in [0.1, 0.15) is 4.99 Å². The minimum atomic E-state index is -3.56. The van der Waals surface area contributed by atoms with Crippen LogP contribution < -0.4 is 5.73 Å². The maximum absolute atomic E-state index is 12.8. The fourth-order valence-corrected chi connectivity index (χ4v) is 4.21. The van der Waals surface area contributed by atoms with Crippen LogP contribution in [0.25, 0.3) is 0 Å². The summed E-state index contributed by atoms with van der Waals surface area (Å²) >= 11 is 4.92. The van der Waals surface area contributed by atoms with Crippen LogP contribution in [0.3, 0.4) is 0 Å². The van der Waals surface area contributed by atoms with E-state index in [0.717, 1.165) is 0 Å². The number of ether oxygens (including phenoxy) is 1. The molecule has 0 aliphatic carbocycles. The summed E-state index contributed by atoms with van der Waals surface area (Å²) in [6.07, 6.45) is 0. The maximum Gasteiger partial charge on any atom is 0.243 e. The molecular formula is C13H18N2O3S2. The molecule has 1 aliphatic rings. The first-order chi connectivity index (χ1) is 9.34. The van der Waals surface area contributed by atoms with Gasteiger partial charge in [-0.3, -0.25) is 0 Å². The van der Waals surface area contributed by atoms with E-state index < -0.39 is 10.0 Å². The lowest BCUT2D eigenvalue weighted by Gasteiger charge is -2.32. The molecule has 20 heavy (non-hydrogen) atoms. The molecule has 110 valence electrons. The highest BCUT2D eigenvalue weighted by Gasteiger charge is 2.32. The zero-order valence-electron chi connectivity index (χ0n) is 11.5. The largest absolute Gasteiger partial charge is 0.389 e. The molecule has 1 saturated heterocycles. The Kier molecular flexibility index (Phi) is 4.43. The Hall–Kier alpha value is -1.02. The molecule has 1 aliphatic heterocycles. The third-order valence-corrected chi connectivity index (χ3v) is 5.76. The van der Waals surface area contributed by atoms with E-state index in [2.05, 4.69) is 0 Å². The molecule has 0 radical (unpaired) electrons. The van der Waals surface area contributed by atoms with Crippen molar-refractivity contribution in [2.45, 2.75) is 24.8 Å². The van der Waals surface area contributed by atoms with Gasteiger partial charge < -0.3 is 10.5 Å². The smallest absolute Gasteiger partial charge is 0.243 e. The van der Waals surface area contributed by atoms with Crippen molar-refractivity contribution in [3.8, 4) is 0 Å². The average molecular weight is 314 g/mol. The number of hydrogen-bond donors (Lipinski definition) is 1. The van der Waals surface area contributed by atoms with E-state index in [1.165, 1.54) is 4.31 Å². The van der Waals surface area contributed by atoms with Crippen LogP contribution in [-0.2, 0) is 14.8 Å². The summed E-state index contributed by atoms with van der Waals surface area (Å²) in [5.74, 6) is 0. The van der Waals surface area contributed by atoms with E-state index in [0.29, 0.717) is 30.9 Å². The third kappa shape index (κ3) is 2.85. The summed E-state index contributed by atoms with van der Waals surface area (Å²) in [6.45, 7) is 4.79. The fraction of sp³-hybridized carbons (Fsp3) is 0.462. The van der Waals surface area contributed by atoms with Gasteiger partial charge in [0.15, 0.2) is 0 Å². The first kappa shape index (κ1) is 15.4. The molecule has 2 N–H and O–H groups in total. The molecule has 0 spiro atoms. The van der Waals surface area contributed by atoms with Crippen molar-refractivity contribution >= 4 is 27.2 Å². The van der Waals surface area contributed by atoms with E-state index in [-0.39, 0.29) is 15.9 Å². The van der Waals surface area contributed by atoms with Gasteiger partial charge >= 0.3 is 0 Å². The van der Waals surface area contributed by atoms with Crippen molar-refractivity contribution in [2.24, 2.45) is 5.73 Å². The van der Waals surface area contributed by atoms with Gasteiger partial charge in [0, 0.05) is 18.2 Å². The molecule has 0 aromatic heterocycles. The molecule has 1 atom stereocenters. The first-order valence-electron chi connectivity index (χ1n) is 6.34. The van der Waals surface area contributed by atoms with E-state index in [9.17, 15) is 8.42 Å². The van der Waals surface area contributed by atoms with Crippen LogP contribution in [0.5, 0.6) is 0 Å². The fourth-order valence-electron chi connectivity index (χ4n) is 2.23. The van der Waals surface area contributed by atoms with Crippen molar-refractivity contribution in [1.29, 1.82) is 0 Å². The van der Waals surface area contributed by atoms with Crippen molar-refractivity contribution < 1.29 is 13.2 Å². The second-order valence-electron chi connectivity index (χ2n) is 4.88. The minimum Gasteiger partial charge on any atom is -0.389 e. The molecule has 2 rings (SSSR count).